The Hall–Kier alpha value is -3.32. The van der Waals surface area contributed by atoms with Crippen molar-refractivity contribution in [3.63, 3.8) is 0 Å². The maximum absolute atomic E-state index is 13.3. The van der Waals surface area contributed by atoms with Gasteiger partial charge in [0.1, 0.15) is 5.82 Å². The fourth-order valence-corrected chi connectivity index (χ4v) is 3.59. The summed E-state index contributed by atoms with van der Waals surface area (Å²) in [7, 11) is -4.11. The Balaban J connectivity index is 2.06. The largest absolute Gasteiger partial charge is 0.418 e. The first-order chi connectivity index (χ1) is 13.1. The quantitative estimate of drug-likeness (QED) is 0.712. The van der Waals surface area contributed by atoms with Crippen molar-refractivity contribution in [3.8, 4) is 11.8 Å². The number of nitrogens with one attached hydrogen (secondary N) is 1. The molecule has 10 heteroatoms. The number of aryl methyl sites for hydroxylation is 1. The van der Waals surface area contributed by atoms with Crippen LogP contribution in [-0.4, -0.2) is 18.2 Å². The molecular weight excluding hydrogens is 393 g/mol. The predicted molar refractivity (Wildman–Crippen MR) is 95.3 cm³/mol. The molecule has 0 fully saturated rings. The fraction of sp³-hybridized carbons (Fsp3) is 0.111. The molecule has 0 aliphatic rings. The van der Waals surface area contributed by atoms with E-state index < -0.39 is 21.8 Å². The number of aromatic nitrogens is 2. The van der Waals surface area contributed by atoms with Crippen molar-refractivity contribution in [1.82, 2.24) is 9.78 Å². The minimum atomic E-state index is -4.64. The van der Waals surface area contributed by atoms with Crippen LogP contribution in [0.5, 0.6) is 0 Å². The van der Waals surface area contributed by atoms with Gasteiger partial charge in [-0.25, -0.2) is 13.1 Å². The van der Waals surface area contributed by atoms with Crippen molar-refractivity contribution >= 4 is 15.8 Å². The molecule has 3 aromatic rings. The van der Waals surface area contributed by atoms with E-state index in [0.717, 1.165) is 10.7 Å². The summed E-state index contributed by atoms with van der Waals surface area (Å²) in [4.78, 5) is -0.138. The molecule has 0 saturated carbocycles. The fourth-order valence-electron chi connectivity index (χ4n) is 2.56. The highest BCUT2D eigenvalue weighted by Gasteiger charge is 2.34. The van der Waals surface area contributed by atoms with Gasteiger partial charge in [0.05, 0.1) is 33.5 Å². The van der Waals surface area contributed by atoms with E-state index >= 15 is 0 Å². The lowest BCUT2D eigenvalue weighted by atomic mass is 10.1. The van der Waals surface area contributed by atoms with Gasteiger partial charge < -0.3 is 0 Å². The second-order valence-electron chi connectivity index (χ2n) is 5.84. The average molecular weight is 406 g/mol. The molecule has 0 spiro atoms. The second kappa shape index (κ2) is 7.01. The molecule has 0 radical (unpaired) electrons. The lowest BCUT2D eigenvalue weighted by molar-refractivity contribution is -0.137. The van der Waals surface area contributed by atoms with Crippen LogP contribution < -0.4 is 4.72 Å². The summed E-state index contributed by atoms with van der Waals surface area (Å²) in [5.41, 5.74) is -0.647. The van der Waals surface area contributed by atoms with Crippen LogP contribution >= 0.6 is 0 Å². The van der Waals surface area contributed by atoms with Gasteiger partial charge in [0.15, 0.2) is 0 Å². The zero-order valence-corrected chi connectivity index (χ0v) is 15.2. The van der Waals surface area contributed by atoms with E-state index in [2.05, 4.69) is 9.82 Å². The summed E-state index contributed by atoms with van der Waals surface area (Å²) in [5.74, 6) is -0.140. The molecular formula is C18H13F3N4O2S. The number of sulfonamides is 1. The van der Waals surface area contributed by atoms with Gasteiger partial charge in [0.25, 0.3) is 10.0 Å². The summed E-state index contributed by atoms with van der Waals surface area (Å²) in [6, 6.07) is 13.1. The number of nitrogens with zero attached hydrogens (tertiary/aromatic N) is 3. The Bertz CT molecular complexity index is 1160. The van der Waals surface area contributed by atoms with Crippen LogP contribution in [0.25, 0.3) is 5.69 Å². The summed E-state index contributed by atoms with van der Waals surface area (Å²) >= 11 is 0. The van der Waals surface area contributed by atoms with Crippen LogP contribution in [0, 0.1) is 18.3 Å². The molecule has 6 nitrogen and oxygen atoms in total. The molecule has 0 saturated heterocycles. The number of para-hydroxylation sites is 1. The molecule has 1 heterocycles. The zero-order chi connectivity index (χ0) is 20.5. The third-order valence-electron chi connectivity index (χ3n) is 3.80. The Morgan fingerprint density at radius 3 is 2.36 bits per heavy atom. The van der Waals surface area contributed by atoms with E-state index in [1.165, 1.54) is 55.5 Å². The Kier molecular flexibility index (Phi) is 4.87. The highest BCUT2D eigenvalue weighted by molar-refractivity contribution is 7.92. The number of nitriles is 1. The first-order valence-corrected chi connectivity index (χ1v) is 9.36. The highest BCUT2D eigenvalue weighted by atomic mass is 32.2. The van der Waals surface area contributed by atoms with Crippen molar-refractivity contribution in [2.24, 2.45) is 0 Å². The van der Waals surface area contributed by atoms with Gasteiger partial charge in [-0.1, -0.05) is 12.1 Å². The molecule has 144 valence electrons. The Labute approximate surface area is 158 Å². The molecule has 0 aliphatic heterocycles. The monoisotopic (exact) mass is 406 g/mol. The number of benzene rings is 2. The molecule has 0 atom stereocenters. The predicted octanol–water partition coefficient (Wildman–Crippen LogP) is 3.87. The molecule has 3 rings (SSSR count). The SMILES string of the molecule is Cc1cc(NS(=O)(=O)c2ccc(C#N)cc2)n(-c2ccccc2C(F)(F)F)n1. The van der Waals surface area contributed by atoms with Crippen LogP contribution in [-0.2, 0) is 16.2 Å². The minimum absolute atomic E-state index is 0.138. The van der Waals surface area contributed by atoms with Crippen molar-refractivity contribution in [2.45, 2.75) is 18.0 Å². The summed E-state index contributed by atoms with van der Waals surface area (Å²) in [6.07, 6.45) is -4.64. The number of hydrogen-bond donors (Lipinski definition) is 1. The molecule has 28 heavy (non-hydrogen) atoms. The number of alkyl halides is 3. The van der Waals surface area contributed by atoms with Crippen molar-refractivity contribution in [3.05, 3.63) is 71.4 Å². The standard InChI is InChI=1S/C18H13F3N4O2S/c1-12-10-17(24-28(26,27)14-8-6-13(11-22)7-9-14)25(23-12)16-5-3-2-4-15(16)18(19,20)21/h2-10,24H,1H3. The minimum Gasteiger partial charge on any atom is -0.263 e. The average Bonchev–Trinajstić information content (AvgIpc) is 3.00. The number of hydrogen-bond acceptors (Lipinski definition) is 4. The van der Waals surface area contributed by atoms with Crippen molar-refractivity contribution < 1.29 is 21.6 Å². The topological polar surface area (TPSA) is 87.8 Å². The normalized spacial score (nSPS) is 11.8. The number of anilines is 1. The molecule has 1 N–H and O–H groups in total. The van der Waals surface area contributed by atoms with Crippen LogP contribution in [0.4, 0.5) is 19.0 Å². The van der Waals surface area contributed by atoms with Crippen LogP contribution in [0.2, 0.25) is 0 Å². The third kappa shape index (κ3) is 3.84. The summed E-state index contributed by atoms with van der Waals surface area (Å²) in [6.45, 7) is 1.53. The van der Waals surface area contributed by atoms with Crippen molar-refractivity contribution in [2.75, 3.05) is 4.72 Å². The van der Waals surface area contributed by atoms with E-state index in [1.54, 1.807) is 0 Å². The van der Waals surface area contributed by atoms with Gasteiger partial charge in [-0.2, -0.15) is 23.5 Å². The molecule has 0 aliphatic carbocycles. The number of halogens is 3. The van der Waals surface area contributed by atoms with Crippen LogP contribution in [0.15, 0.2) is 59.5 Å². The van der Waals surface area contributed by atoms with E-state index in [1.807, 2.05) is 6.07 Å². The second-order valence-corrected chi connectivity index (χ2v) is 7.52. The lowest BCUT2D eigenvalue weighted by Gasteiger charge is -2.15. The van der Waals surface area contributed by atoms with Gasteiger partial charge >= 0.3 is 6.18 Å². The maximum Gasteiger partial charge on any atom is 0.418 e. The first kappa shape index (κ1) is 19.4. The van der Waals surface area contributed by atoms with Gasteiger partial charge in [-0.05, 0) is 43.3 Å². The molecule has 0 bridgehead atoms. The van der Waals surface area contributed by atoms with E-state index in [9.17, 15) is 21.6 Å². The summed E-state index contributed by atoms with van der Waals surface area (Å²) in [5, 5.41) is 12.8. The summed E-state index contributed by atoms with van der Waals surface area (Å²) < 4.78 is 68.4. The molecule has 0 unspecified atom stereocenters. The lowest BCUT2D eigenvalue weighted by Crippen LogP contribution is -2.18. The van der Waals surface area contributed by atoms with Gasteiger partial charge in [-0.3, -0.25) is 4.72 Å². The smallest absolute Gasteiger partial charge is 0.263 e. The number of rotatable bonds is 4. The maximum atomic E-state index is 13.3. The van der Waals surface area contributed by atoms with Crippen LogP contribution in [0.1, 0.15) is 16.8 Å². The molecule has 1 aromatic heterocycles. The van der Waals surface area contributed by atoms with E-state index in [0.29, 0.717) is 5.69 Å². The highest BCUT2D eigenvalue weighted by Crippen LogP contribution is 2.35. The van der Waals surface area contributed by atoms with E-state index in [4.69, 9.17) is 5.26 Å². The van der Waals surface area contributed by atoms with Crippen molar-refractivity contribution in [1.29, 1.82) is 5.26 Å². The third-order valence-corrected chi connectivity index (χ3v) is 5.17. The zero-order valence-electron chi connectivity index (χ0n) is 14.4. The van der Waals surface area contributed by atoms with E-state index in [-0.39, 0.29) is 22.0 Å². The Morgan fingerprint density at radius 2 is 1.75 bits per heavy atom. The van der Waals surface area contributed by atoms with Gasteiger partial charge in [0.2, 0.25) is 0 Å². The van der Waals surface area contributed by atoms with Gasteiger partial charge in [-0.15, -0.1) is 0 Å². The van der Waals surface area contributed by atoms with Crippen LogP contribution in [0.3, 0.4) is 0 Å². The first-order valence-electron chi connectivity index (χ1n) is 7.88. The molecule has 0 amide bonds. The molecule has 2 aromatic carbocycles. The van der Waals surface area contributed by atoms with Gasteiger partial charge in [0, 0.05) is 6.07 Å². The Morgan fingerprint density at radius 1 is 1.11 bits per heavy atom.